The maximum Gasteiger partial charge on any atom is 0.315 e. The van der Waals surface area contributed by atoms with Crippen LogP contribution in [0.2, 0.25) is 0 Å². The van der Waals surface area contributed by atoms with Crippen molar-refractivity contribution < 1.29 is 9.90 Å². The Morgan fingerprint density at radius 3 is 2.86 bits per heavy atom. The molecule has 0 amide bonds. The zero-order valence-corrected chi connectivity index (χ0v) is 7.19. The maximum absolute atomic E-state index is 10.1. The second kappa shape index (κ2) is 4.64. The lowest BCUT2D eigenvalue weighted by Gasteiger charge is -1.88. The van der Waals surface area contributed by atoms with E-state index in [4.69, 9.17) is 10.4 Å². The van der Waals surface area contributed by atoms with E-state index in [1.165, 1.54) is 6.20 Å². The molecule has 0 saturated carbocycles. The minimum absolute atomic E-state index is 0.207. The molecule has 0 aliphatic heterocycles. The topological polar surface area (TPSA) is 74.0 Å². The van der Waals surface area contributed by atoms with Gasteiger partial charge in [0.2, 0.25) is 0 Å². The molecule has 1 N–H and O–H groups in total. The molecular weight excluding hydrogens is 180 g/mol. The predicted octanol–water partition coefficient (Wildman–Crippen LogP) is 0.779. The molecule has 4 heteroatoms. The highest BCUT2D eigenvalue weighted by Gasteiger charge is 1.92. The molecular formula is C10H6N2O2. The van der Waals surface area contributed by atoms with E-state index in [1.807, 2.05) is 6.07 Å². The summed E-state index contributed by atoms with van der Waals surface area (Å²) in [5, 5.41) is 16.8. The fourth-order valence-corrected chi connectivity index (χ4v) is 0.744. The van der Waals surface area contributed by atoms with E-state index in [0.717, 1.165) is 0 Å². The Kier molecular flexibility index (Phi) is 3.23. The monoisotopic (exact) mass is 186 g/mol. The molecule has 1 heterocycles. The standard InChI is InChI=1S/C10H6N2O2/c11-6-8-4-5-9(12-7-8)2-1-3-10(13)14/h4-5,7H,3H2,(H,13,14). The number of rotatable bonds is 1. The molecule has 0 atom stereocenters. The average Bonchev–Trinajstić information content (AvgIpc) is 2.18. The van der Waals surface area contributed by atoms with Crippen LogP contribution in [0.25, 0.3) is 0 Å². The van der Waals surface area contributed by atoms with Gasteiger partial charge in [0.25, 0.3) is 0 Å². The Hall–Kier alpha value is -2.33. The van der Waals surface area contributed by atoms with Crippen LogP contribution in [0.4, 0.5) is 0 Å². The Labute approximate surface area is 80.8 Å². The first kappa shape index (κ1) is 9.76. The van der Waals surface area contributed by atoms with Gasteiger partial charge in [-0.1, -0.05) is 5.92 Å². The summed E-state index contributed by atoms with van der Waals surface area (Å²) in [5.74, 6) is 4.05. The van der Waals surface area contributed by atoms with Gasteiger partial charge in [0, 0.05) is 6.20 Å². The second-order valence-electron chi connectivity index (χ2n) is 2.42. The number of pyridine rings is 1. The van der Waals surface area contributed by atoms with Crippen molar-refractivity contribution in [2.75, 3.05) is 0 Å². The highest BCUT2D eigenvalue weighted by atomic mass is 16.4. The quantitative estimate of drug-likeness (QED) is 0.657. The number of hydrogen-bond donors (Lipinski definition) is 1. The average molecular weight is 186 g/mol. The van der Waals surface area contributed by atoms with Crippen LogP contribution in [0, 0.1) is 23.2 Å². The van der Waals surface area contributed by atoms with Crippen molar-refractivity contribution in [1.29, 1.82) is 5.26 Å². The molecule has 1 aromatic heterocycles. The summed E-state index contributed by atoms with van der Waals surface area (Å²) in [5.41, 5.74) is 0.916. The van der Waals surface area contributed by atoms with E-state index < -0.39 is 5.97 Å². The largest absolute Gasteiger partial charge is 0.481 e. The summed E-state index contributed by atoms with van der Waals surface area (Å²) < 4.78 is 0. The van der Waals surface area contributed by atoms with Gasteiger partial charge in [-0.2, -0.15) is 5.26 Å². The van der Waals surface area contributed by atoms with Crippen molar-refractivity contribution >= 4 is 5.97 Å². The van der Waals surface area contributed by atoms with E-state index in [1.54, 1.807) is 12.1 Å². The summed E-state index contributed by atoms with van der Waals surface area (Å²) in [6.45, 7) is 0. The van der Waals surface area contributed by atoms with Gasteiger partial charge in [0.05, 0.1) is 5.56 Å². The van der Waals surface area contributed by atoms with Crippen LogP contribution in [0.3, 0.4) is 0 Å². The van der Waals surface area contributed by atoms with Crippen LogP contribution in [0.5, 0.6) is 0 Å². The van der Waals surface area contributed by atoms with Crippen molar-refractivity contribution in [3.05, 3.63) is 29.6 Å². The van der Waals surface area contributed by atoms with Crippen LogP contribution in [0.15, 0.2) is 18.3 Å². The van der Waals surface area contributed by atoms with E-state index in [0.29, 0.717) is 11.3 Å². The van der Waals surface area contributed by atoms with Crippen LogP contribution >= 0.6 is 0 Å². The van der Waals surface area contributed by atoms with Crippen molar-refractivity contribution in [2.24, 2.45) is 0 Å². The first-order chi connectivity index (χ1) is 6.72. The fraction of sp³-hybridized carbons (Fsp3) is 0.100. The molecule has 14 heavy (non-hydrogen) atoms. The van der Waals surface area contributed by atoms with Gasteiger partial charge in [-0.15, -0.1) is 0 Å². The number of carboxylic acids is 1. The SMILES string of the molecule is N#Cc1ccc(C#CCC(=O)O)nc1. The van der Waals surface area contributed by atoms with Gasteiger partial charge in [0.1, 0.15) is 18.2 Å². The van der Waals surface area contributed by atoms with Crippen molar-refractivity contribution in [1.82, 2.24) is 4.98 Å². The Morgan fingerprint density at radius 1 is 1.57 bits per heavy atom. The summed E-state index contributed by atoms with van der Waals surface area (Å²) in [6, 6.07) is 5.08. The normalized spacial score (nSPS) is 8.21. The molecule has 0 radical (unpaired) electrons. The molecule has 1 rings (SSSR count). The van der Waals surface area contributed by atoms with E-state index >= 15 is 0 Å². The number of aliphatic carboxylic acids is 1. The van der Waals surface area contributed by atoms with Crippen LogP contribution in [0.1, 0.15) is 17.7 Å². The molecule has 0 aromatic carbocycles. The molecule has 0 aliphatic carbocycles. The first-order valence-corrected chi connectivity index (χ1v) is 3.79. The number of nitrogens with zero attached hydrogens (tertiary/aromatic N) is 2. The zero-order chi connectivity index (χ0) is 10.4. The number of carbonyl (C=O) groups is 1. The highest BCUT2D eigenvalue weighted by Crippen LogP contribution is 1.96. The summed E-state index contributed by atoms with van der Waals surface area (Å²) in [4.78, 5) is 14.0. The third kappa shape index (κ3) is 2.96. The minimum atomic E-state index is -0.967. The Morgan fingerprint density at radius 2 is 2.36 bits per heavy atom. The molecule has 0 saturated heterocycles. The molecule has 0 bridgehead atoms. The van der Waals surface area contributed by atoms with E-state index in [-0.39, 0.29) is 6.42 Å². The van der Waals surface area contributed by atoms with Crippen molar-refractivity contribution in [2.45, 2.75) is 6.42 Å². The van der Waals surface area contributed by atoms with Gasteiger partial charge < -0.3 is 5.11 Å². The number of nitriles is 1. The van der Waals surface area contributed by atoms with Gasteiger partial charge >= 0.3 is 5.97 Å². The molecule has 1 aromatic rings. The smallest absolute Gasteiger partial charge is 0.315 e. The Bertz CT molecular complexity index is 432. The minimum Gasteiger partial charge on any atom is -0.481 e. The molecule has 0 spiro atoms. The predicted molar refractivity (Wildman–Crippen MR) is 48.1 cm³/mol. The number of carboxylic acid groups (broad SMARTS) is 1. The highest BCUT2D eigenvalue weighted by molar-refractivity contribution is 5.70. The molecule has 0 fully saturated rings. The summed E-state index contributed by atoms with van der Waals surface area (Å²) in [6.07, 6.45) is 1.19. The van der Waals surface area contributed by atoms with Crippen LogP contribution in [-0.4, -0.2) is 16.1 Å². The molecule has 4 nitrogen and oxygen atoms in total. The van der Waals surface area contributed by atoms with Gasteiger partial charge in [-0.25, -0.2) is 4.98 Å². The lowest BCUT2D eigenvalue weighted by molar-refractivity contribution is -0.135. The first-order valence-electron chi connectivity index (χ1n) is 3.79. The molecule has 68 valence electrons. The summed E-state index contributed by atoms with van der Waals surface area (Å²) in [7, 11) is 0. The van der Waals surface area contributed by atoms with Crippen molar-refractivity contribution in [3.8, 4) is 17.9 Å². The third-order valence-corrected chi connectivity index (χ3v) is 1.35. The lowest BCUT2D eigenvalue weighted by Crippen LogP contribution is -1.90. The van der Waals surface area contributed by atoms with Gasteiger partial charge in [0.15, 0.2) is 0 Å². The number of hydrogen-bond acceptors (Lipinski definition) is 3. The third-order valence-electron chi connectivity index (χ3n) is 1.35. The lowest BCUT2D eigenvalue weighted by atomic mass is 10.2. The van der Waals surface area contributed by atoms with Gasteiger partial charge in [-0.3, -0.25) is 4.79 Å². The zero-order valence-electron chi connectivity index (χ0n) is 7.19. The van der Waals surface area contributed by atoms with Crippen LogP contribution < -0.4 is 0 Å². The molecule has 0 unspecified atom stereocenters. The number of aromatic nitrogens is 1. The van der Waals surface area contributed by atoms with E-state index in [9.17, 15) is 4.79 Å². The van der Waals surface area contributed by atoms with Crippen LogP contribution in [-0.2, 0) is 4.79 Å². The van der Waals surface area contributed by atoms with Crippen molar-refractivity contribution in [3.63, 3.8) is 0 Å². The molecule has 0 aliphatic rings. The maximum atomic E-state index is 10.1. The van der Waals surface area contributed by atoms with E-state index in [2.05, 4.69) is 16.8 Å². The van der Waals surface area contributed by atoms with Gasteiger partial charge in [-0.05, 0) is 18.1 Å². The Balaban J connectivity index is 2.73. The second-order valence-corrected chi connectivity index (χ2v) is 2.42. The fourth-order valence-electron chi connectivity index (χ4n) is 0.744. The summed E-state index contributed by atoms with van der Waals surface area (Å²) >= 11 is 0.